The van der Waals surface area contributed by atoms with Crippen LogP contribution in [-0.4, -0.2) is 17.9 Å². The molecule has 0 fully saturated rings. The van der Waals surface area contributed by atoms with Crippen molar-refractivity contribution in [2.24, 2.45) is 5.92 Å². The fraction of sp³-hybridized carbons (Fsp3) is 0.333. The molecule has 0 saturated heterocycles. The van der Waals surface area contributed by atoms with Crippen molar-refractivity contribution in [3.8, 4) is 12.3 Å². The number of anilines is 1. The van der Waals surface area contributed by atoms with Crippen molar-refractivity contribution >= 4 is 17.5 Å². The summed E-state index contributed by atoms with van der Waals surface area (Å²) in [5.41, 5.74) is 2.27. The number of rotatable bonds is 1. The number of fused-ring (bicyclic) bond motifs is 1. The van der Waals surface area contributed by atoms with Gasteiger partial charge >= 0.3 is 0 Å². The maximum absolute atomic E-state index is 12.2. The van der Waals surface area contributed by atoms with Crippen molar-refractivity contribution < 1.29 is 9.59 Å². The Balaban J connectivity index is 2.58. The number of carbonyl (C=O) groups is 2. The molecule has 1 aliphatic rings. The molecule has 4 nitrogen and oxygen atoms in total. The van der Waals surface area contributed by atoms with Crippen LogP contribution in [0.4, 0.5) is 5.69 Å². The van der Waals surface area contributed by atoms with E-state index in [0.29, 0.717) is 16.8 Å². The van der Waals surface area contributed by atoms with E-state index in [1.54, 1.807) is 12.1 Å². The number of aryl methyl sites for hydroxylation is 1. The summed E-state index contributed by atoms with van der Waals surface area (Å²) in [5.74, 6) is 2.04. The van der Waals surface area contributed by atoms with Crippen LogP contribution in [0.15, 0.2) is 12.1 Å². The van der Waals surface area contributed by atoms with Crippen LogP contribution < -0.4 is 10.6 Å². The highest BCUT2D eigenvalue weighted by atomic mass is 16.2. The molecular weight excluding hydrogens is 240 g/mol. The van der Waals surface area contributed by atoms with Crippen molar-refractivity contribution in [3.63, 3.8) is 0 Å². The molecule has 1 aliphatic heterocycles. The Morgan fingerprint density at radius 3 is 2.58 bits per heavy atom. The van der Waals surface area contributed by atoms with Gasteiger partial charge in [-0.05, 0) is 24.5 Å². The van der Waals surface area contributed by atoms with E-state index in [2.05, 4.69) is 16.6 Å². The summed E-state index contributed by atoms with van der Waals surface area (Å²) >= 11 is 0. The standard InChI is InChI=1S/C15H16N2O2/c1-5-10-9(4)6-7-11-13(10)17-15(19)12(8(2)3)16-14(11)18/h1,6-8,12H,2-4H3,(H,16,18)(H,17,19). The van der Waals surface area contributed by atoms with Gasteiger partial charge in [0, 0.05) is 0 Å². The quantitative estimate of drug-likeness (QED) is 0.751. The van der Waals surface area contributed by atoms with Crippen LogP contribution in [0.1, 0.15) is 35.3 Å². The molecule has 1 aromatic rings. The summed E-state index contributed by atoms with van der Waals surface area (Å²) in [6, 6.07) is 2.92. The van der Waals surface area contributed by atoms with E-state index in [1.165, 1.54) is 0 Å². The molecule has 1 aromatic carbocycles. The lowest BCUT2D eigenvalue weighted by atomic mass is 10.0. The highest BCUT2D eigenvalue weighted by Crippen LogP contribution is 2.26. The average molecular weight is 256 g/mol. The number of hydrogen-bond acceptors (Lipinski definition) is 2. The lowest BCUT2D eigenvalue weighted by Crippen LogP contribution is -2.44. The third-order valence-electron chi connectivity index (χ3n) is 3.29. The maximum atomic E-state index is 12.2. The monoisotopic (exact) mass is 256 g/mol. The molecule has 0 spiro atoms. The number of terminal acetylenes is 1. The summed E-state index contributed by atoms with van der Waals surface area (Å²) in [6.45, 7) is 5.62. The topological polar surface area (TPSA) is 58.2 Å². The first kappa shape index (κ1) is 13.2. The molecule has 1 atom stereocenters. The molecular formula is C15H16N2O2. The number of amides is 2. The van der Waals surface area contributed by atoms with Gasteiger partial charge in [0.2, 0.25) is 5.91 Å². The Hall–Kier alpha value is -2.28. The van der Waals surface area contributed by atoms with Gasteiger partial charge in [-0.25, -0.2) is 0 Å². The normalized spacial score (nSPS) is 18.2. The second-order valence-electron chi connectivity index (χ2n) is 5.01. The Morgan fingerprint density at radius 2 is 2.00 bits per heavy atom. The molecule has 0 bridgehead atoms. The molecule has 2 N–H and O–H groups in total. The molecule has 0 saturated carbocycles. The summed E-state index contributed by atoms with van der Waals surface area (Å²) in [6.07, 6.45) is 5.48. The smallest absolute Gasteiger partial charge is 0.254 e. The Kier molecular flexibility index (Phi) is 3.30. The summed E-state index contributed by atoms with van der Waals surface area (Å²) < 4.78 is 0. The minimum atomic E-state index is -0.550. The first-order chi connectivity index (χ1) is 8.95. The van der Waals surface area contributed by atoms with E-state index in [-0.39, 0.29) is 17.7 Å². The van der Waals surface area contributed by atoms with Gasteiger partial charge in [0.15, 0.2) is 0 Å². The second-order valence-corrected chi connectivity index (χ2v) is 5.01. The van der Waals surface area contributed by atoms with Crippen molar-refractivity contribution in [1.29, 1.82) is 0 Å². The minimum Gasteiger partial charge on any atom is -0.340 e. The molecule has 1 unspecified atom stereocenters. The Morgan fingerprint density at radius 1 is 1.32 bits per heavy atom. The van der Waals surface area contributed by atoms with Gasteiger partial charge in [0.05, 0.1) is 16.8 Å². The first-order valence-corrected chi connectivity index (χ1v) is 6.17. The summed E-state index contributed by atoms with van der Waals surface area (Å²) in [4.78, 5) is 24.3. The molecule has 2 amide bonds. The van der Waals surface area contributed by atoms with Crippen molar-refractivity contribution in [2.75, 3.05) is 5.32 Å². The number of hydrogen-bond donors (Lipinski definition) is 2. The van der Waals surface area contributed by atoms with Crippen molar-refractivity contribution in [2.45, 2.75) is 26.8 Å². The van der Waals surface area contributed by atoms with Crippen LogP contribution in [0.3, 0.4) is 0 Å². The Bertz CT molecular complexity index is 597. The summed E-state index contributed by atoms with van der Waals surface area (Å²) in [7, 11) is 0. The molecule has 0 aromatic heterocycles. The van der Waals surface area contributed by atoms with Gasteiger partial charge in [-0.1, -0.05) is 25.8 Å². The third-order valence-corrected chi connectivity index (χ3v) is 3.29. The highest BCUT2D eigenvalue weighted by Gasteiger charge is 2.31. The zero-order valence-electron chi connectivity index (χ0n) is 11.2. The van der Waals surface area contributed by atoms with E-state index >= 15 is 0 Å². The van der Waals surface area contributed by atoms with E-state index in [9.17, 15) is 9.59 Å². The van der Waals surface area contributed by atoms with Crippen LogP contribution >= 0.6 is 0 Å². The van der Waals surface area contributed by atoms with E-state index < -0.39 is 6.04 Å². The van der Waals surface area contributed by atoms with Crippen LogP contribution in [0.2, 0.25) is 0 Å². The number of benzene rings is 1. The molecule has 19 heavy (non-hydrogen) atoms. The van der Waals surface area contributed by atoms with Gasteiger partial charge in [0.1, 0.15) is 6.04 Å². The van der Waals surface area contributed by atoms with E-state index in [4.69, 9.17) is 6.42 Å². The largest absolute Gasteiger partial charge is 0.340 e. The molecule has 0 radical (unpaired) electrons. The van der Waals surface area contributed by atoms with Crippen LogP contribution in [0.5, 0.6) is 0 Å². The van der Waals surface area contributed by atoms with Crippen molar-refractivity contribution in [3.05, 3.63) is 28.8 Å². The number of carbonyl (C=O) groups excluding carboxylic acids is 2. The first-order valence-electron chi connectivity index (χ1n) is 6.17. The fourth-order valence-corrected chi connectivity index (χ4v) is 2.17. The van der Waals surface area contributed by atoms with Gasteiger partial charge in [-0.3, -0.25) is 9.59 Å². The molecule has 1 heterocycles. The maximum Gasteiger partial charge on any atom is 0.254 e. The molecule has 4 heteroatoms. The van der Waals surface area contributed by atoms with E-state index in [1.807, 2.05) is 20.8 Å². The molecule has 98 valence electrons. The predicted molar refractivity (Wildman–Crippen MR) is 73.8 cm³/mol. The highest BCUT2D eigenvalue weighted by molar-refractivity contribution is 6.11. The average Bonchev–Trinajstić information content (AvgIpc) is 2.47. The van der Waals surface area contributed by atoms with Gasteiger partial charge in [0.25, 0.3) is 5.91 Å². The van der Waals surface area contributed by atoms with Gasteiger partial charge in [-0.2, -0.15) is 0 Å². The SMILES string of the molecule is C#Cc1c(C)ccc2c1NC(=O)C(C(C)C)NC2=O. The summed E-state index contributed by atoms with van der Waals surface area (Å²) in [5, 5.41) is 5.52. The van der Waals surface area contributed by atoms with Gasteiger partial charge < -0.3 is 10.6 Å². The number of nitrogens with one attached hydrogen (secondary N) is 2. The van der Waals surface area contributed by atoms with Crippen molar-refractivity contribution in [1.82, 2.24) is 5.32 Å². The van der Waals surface area contributed by atoms with Crippen LogP contribution in [-0.2, 0) is 4.79 Å². The zero-order valence-corrected chi connectivity index (χ0v) is 11.2. The zero-order chi connectivity index (χ0) is 14.2. The van der Waals surface area contributed by atoms with Crippen LogP contribution in [0, 0.1) is 25.2 Å². The lowest BCUT2D eigenvalue weighted by Gasteiger charge is -2.17. The lowest BCUT2D eigenvalue weighted by molar-refractivity contribution is -0.118. The van der Waals surface area contributed by atoms with E-state index in [0.717, 1.165) is 5.56 Å². The van der Waals surface area contributed by atoms with Crippen LogP contribution in [0.25, 0.3) is 0 Å². The Labute approximate surface area is 112 Å². The molecule has 2 rings (SSSR count). The second kappa shape index (κ2) is 4.77. The minimum absolute atomic E-state index is 0.00800. The fourth-order valence-electron chi connectivity index (χ4n) is 2.17. The molecule has 0 aliphatic carbocycles. The third kappa shape index (κ3) is 2.19. The predicted octanol–water partition coefficient (Wildman–Crippen LogP) is 1.68. The van der Waals surface area contributed by atoms with Gasteiger partial charge in [-0.15, -0.1) is 6.42 Å².